The van der Waals surface area contributed by atoms with E-state index >= 15 is 4.79 Å². The number of nitrogens with zero attached hydrogens (tertiary/aromatic N) is 1. The Labute approximate surface area is 410 Å². The van der Waals surface area contributed by atoms with Gasteiger partial charge in [-0.1, -0.05) is 89.8 Å². The highest BCUT2D eigenvalue weighted by Gasteiger charge is 2.76. The van der Waals surface area contributed by atoms with E-state index in [4.69, 9.17) is 33.3 Å². The monoisotopic (exact) mass is 973 g/mol. The largest absolute Gasteiger partial charge is 0.462 e. The lowest BCUT2D eigenvalue weighted by Crippen LogP contribution is -2.69. The van der Waals surface area contributed by atoms with E-state index < -0.39 is 101 Å². The Kier molecular flexibility index (Phi) is 16.6. The van der Waals surface area contributed by atoms with Gasteiger partial charge in [0, 0.05) is 49.3 Å². The first-order chi connectivity index (χ1) is 33.3. The third-order valence-corrected chi connectivity index (χ3v) is 13.8. The molecule has 17 nitrogen and oxygen atoms in total. The van der Waals surface area contributed by atoms with Crippen molar-refractivity contribution in [3.05, 3.63) is 76.9 Å². The first kappa shape index (κ1) is 52.6. The summed E-state index contributed by atoms with van der Waals surface area (Å²) in [6.07, 6.45) is 6.10. The van der Waals surface area contributed by atoms with Crippen LogP contribution < -0.4 is 10.6 Å². The van der Waals surface area contributed by atoms with Gasteiger partial charge in [-0.25, -0.2) is 9.59 Å². The molecule has 1 aliphatic carbocycles. The Hall–Kier alpha value is -5.20. The molecule has 8 unspecified atom stereocenters. The number of ether oxygens (including phenoxy) is 6. The molecule has 8 atom stereocenters. The second-order valence-corrected chi connectivity index (χ2v) is 21.1. The minimum absolute atomic E-state index is 0.0105. The number of unbranched alkanes of at least 4 members (excludes halogenated alkanes) is 4. The zero-order valence-corrected chi connectivity index (χ0v) is 41.6. The Balaban J connectivity index is 1.10. The zero-order chi connectivity index (χ0) is 50.4. The molecule has 0 aromatic heterocycles. The molecule has 4 saturated heterocycles. The molecule has 1 saturated carbocycles. The molecule has 17 heteroatoms. The molecule has 3 N–H and O–H groups in total. The van der Waals surface area contributed by atoms with E-state index in [9.17, 15) is 29.1 Å². The van der Waals surface area contributed by atoms with Gasteiger partial charge in [0.25, 0.3) is 5.91 Å². The van der Waals surface area contributed by atoms with E-state index in [1.165, 1.54) is 11.1 Å². The van der Waals surface area contributed by atoms with Crippen molar-refractivity contribution < 1.29 is 67.1 Å². The minimum Gasteiger partial charge on any atom is -0.462 e. The smallest absolute Gasteiger partial charge is 0.348 e. The van der Waals surface area contributed by atoms with Gasteiger partial charge in [0.2, 0.25) is 12.0 Å². The molecule has 4 heterocycles. The van der Waals surface area contributed by atoms with Crippen molar-refractivity contribution in [2.45, 2.75) is 186 Å². The van der Waals surface area contributed by atoms with Gasteiger partial charge >= 0.3 is 23.9 Å². The number of hydrogen-bond acceptors (Lipinski definition) is 15. The van der Waals surface area contributed by atoms with Crippen LogP contribution in [0.4, 0.5) is 0 Å². The number of carbonyl (C=O) groups excluding carboxylic acids is 6. The lowest BCUT2D eigenvalue weighted by Gasteiger charge is -2.48. The van der Waals surface area contributed by atoms with Gasteiger partial charge in [0.1, 0.15) is 42.0 Å². The molecule has 2 amide bonds. The predicted octanol–water partition coefficient (Wildman–Crippen LogP) is 6.16. The third-order valence-electron chi connectivity index (χ3n) is 13.8. The summed E-state index contributed by atoms with van der Waals surface area (Å²) < 4.78 is 36.0. The summed E-state index contributed by atoms with van der Waals surface area (Å²) in [7, 11) is 0. The normalized spacial score (nSPS) is 26.8. The van der Waals surface area contributed by atoms with Crippen LogP contribution in [-0.2, 0) is 70.3 Å². The number of benzene rings is 2. The third kappa shape index (κ3) is 11.9. The quantitative estimate of drug-likeness (QED) is 0.0521. The maximum atomic E-state index is 15.1. The van der Waals surface area contributed by atoms with E-state index in [1.54, 1.807) is 77.1 Å². The van der Waals surface area contributed by atoms with Gasteiger partial charge in [0.15, 0.2) is 11.8 Å². The van der Waals surface area contributed by atoms with Crippen LogP contribution in [0.1, 0.15) is 146 Å². The number of esters is 4. The van der Waals surface area contributed by atoms with E-state index in [2.05, 4.69) is 24.5 Å². The second-order valence-electron chi connectivity index (χ2n) is 21.1. The fourth-order valence-electron chi connectivity index (χ4n) is 10.2. The van der Waals surface area contributed by atoms with E-state index in [1.807, 2.05) is 12.1 Å². The molecule has 7 rings (SSSR count). The topological polar surface area (TPSA) is 215 Å². The highest BCUT2D eigenvalue weighted by molar-refractivity contribution is 5.95. The van der Waals surface area contributed by atoms with E-state index in [0.29, 0.717) is 24.0 Å². The van der Waals surface area contributed by atoms with Crippen LogP contribution in [0.25, 0.3) is 6.08 Å². The summed E-state index contributed by atoms with van der Waals surface area (Å²) >= 11 is 0. The molecular weight excluding hydrogens is 903 g/mol. The van der Waals surface area contributed by atoms with Crippen molar-refractivity contribution in [3.8, 4) is 0 Å². The van der Waals surface area contributed by atoms with Crippen LogP contribution in [0.5, 0.6) is 0 Å². The van der Waals surface area contributed by atoms with Gasteiger partial charge in [0.05, 0.1) is 19.2 Å². The second kappa shape index (κ2) is 22.1. The van der Waals surface area contributed by atoms with Crippen LogP contribution in [0.2, 0.25) is 0 Å². The molecule has 0 radical (unpaired) electrons. The van der Waals surface area contributed by atoms with Gasteiger partial charge < -0.3 is 44.2 Å². The lowest BCUT2D eigenvalue weighted by atomic mass is 9.62. The highest BCUT2D eigenvalue weighted by atomic mass is 16.8. The van der Waals surface area contributed by atoms with E-state index in [-0.39, 0.29) is 51.1 Å². The Morgan fingerprint density at radius 2 is 1.63 bits per heavy atom. The maximum Gasteiger partial charge on any atom is 0.348 e. The Bertz CT molecular complexity index is 2250. The van der Waals surface area contributed by atoms with Gasteiger partial charge in [-0.05, 0) is 74.9 Å². The molecular formula is C53H71N3O14. The number of amides is 2. The summed E-state index contributed by atoms with van der Waals surface area (Å²) in [6, 6.07) is 12.1. The molecule has 5 fully saturated rings. The number of carbonyl (C=O) groups is 6. The number of rotatable bonds is 22. The highest BCUT2D eigenvalue weighted by Crippen LogP contribution is 2.58. The van der Waals surface area contributed by atoms with Gasteiger partial charge in [-0.15, -0.1) is 0 Å². The maximum absolute atomic E-state index is 15.1. The number of cyclic esters (lactones) is 1. The van der Waals surface area contributed by atoms with Crippen LogP contribution in [0, 0.1) is 10.8 Å². The summed E-state index contributed by atoms with van der Waals surface area (Å²) in [4.78, 5) is 86.8. The molecule has 70 heavy (non-hydrogen) atoms. The number of aliphatic hydroxyl groups is 1. The summed E-state index contributed by atoms with van der Waals surface area (Å²) in [5.41, 5.74) is -0.428. The average Bonchev–Trinajstić information content (AvgIpc) is 3.96. The number of hydroxylamine groups is 2. The van der Waals surface area contributed by atoms with Gasteiger partial charge in [-0.3, -0.25) is 24.0 Å². The van der Waals surface area contributed by atoms with E-state index in [0.717, 1.165) is 44.1 Å². The number of hydrogen-bond donors (Lipinski definition) is 3. The summed E-state index contributed by atoms with van der Waals surface area (Å²) in [6.45, 7) is 13.1. The average molecular weight is 974 g/mol. The first-order valence-electron chi connectivity index (χ1n) is 24.9. The molecule has 382 valence electrons. The van der Waals surface area contributed by atoms with Crippen molar-refractivity contribution in [1.82, 2.24) is 15.7 Å². The Morgan fingerprint density at radius 3 is 2.27 bits per heavy atom. The summed E-state index contributed by atoms with van der Waals surface area (Å²) in [5, 5.41) is 17.4. The Morgan fingerprint density at radius 1 is 0.929 bits per heavy atom. The molecule has 2 bridgehead atoms. The standard InChI is InChI=1S/C53H71N3O14/c1-8-10-12-25-52(26-13-11-9-2)68-41-38-28-53(49(63)54-29-35-15-14-16-36(27-35)46(60)55-37(31-57)22-24-40(59)67-50(3,4)5)43(47(61)65-38)56(70-44(53)42(41)69-52)30-34-19-17-33(18-20-34)21-23-39(58)66-45-48(62)64-32-51(45,6)7/h14-21,23,27,37-38,41-45,57H,8-13,22,24-26,28-32H2,1-7H3,(H,54,63)(H,55,60). The number of fused-ring (bicyclic) bond motifs is 4. The number of aliphatic hydroxyl groups excluding tert-OH is 1. The first-order valence-corrected chi connectivity index (χ1v) is 24.9. The van der Waals surface area contributed by atoms with Crippen LogP contribution in [0.15, 0.2) is 54.6 Å². The van der Waals surface area contributed by atoms with Crippen LogP contribution in [-0.4, -0.2) is 113 Å². The fourth-order valence-corrected chi connectivity index (χ4v) is 10.2. The lowest BCUT2D eigenvalue weighted by molar-refractivity contribution is -0.224. The minimum atomic E-state index is -1.45. The molecule has 0 spiro atoms. The summed E-state index contributed by atoms with van der Waals surface area (Å²) in [5.74, 6) is -4.13. The van der Waals surface area contributed by atoms with Crippen molar-refractivity contribution in [2.75, 3.05) is 13.2 Å². The van der Waals surface area contributed by atoms with Crippen molar-refractivity contribution in [1.29, 1.82) is 0 Å². The van der Waals surface area contributed by atoms with Crippen molar-refractivity contribution >= 4 is 41.8 Å². The molecule has 2 aromatic carbocycles. The number of nitrogens with one attached hydrogen (secondary N) is 2. The molecule has 4 aliphatic heterocycles. The molecule has 5 aliphatic rings. The van der Waals surface area contributed by atoms with Crippen LogP contribution >= 0.6 is 0 Å². The SMILES string of the molecule is CCCCCC1(CCCCC)OC2C3CC4(C(=O)NCc5cccc(C(=O)NC(CO)CCC(=O)OC(C)(C)C)c5)C(ON(Cc5ccc(C=CC(=O)OC6C(=O)OCC6(C)C)cc5)C4C(=O)O3)C2O1. The van der Waals surface area contributed by atoms with Gasteiger partial charge in [-0.2, -0.15) is 5.06 Å². The predicted molar refractivity (Wildman–Crippen MR) is 254 cm³/mol. The zero-order valence-electron chi connectivity index (χ0n) is 41.6. The fraction of sp³-hybridized carbons (Fsp3) is 0.623. The molecule has 2 aromatic rings. The van der Waals surface area contributed by atoms with Crippen molar-refractivity contribution in [2.24, 2.45) is 10.8 Å². The van der Waals surface area contributed by atoms with Crippen molar-refractivity contribution in [3.63, 3.8) is 0 Å². The van der Waals surface area contributed by atoms with Crippen LogP contribution in [0.3, 0.4) is 0 Å².